The first-order chi connectivity index (χ1) is 32.4. The van der Waals surface area contributed by atoms with E-state index in [9.17, 15) is 0 Å². The number of aryl methyl sites for hydroxylation is 2. The number of nitrogen functional groups attached to an aromatic ring is 1. The first kappa shape index (κ1) is 55.1. The van der Waals surface area contributed by atoms with Crippen molar-refractivity contribution in [2.45, 2.75) is 26.7 Å². The molecule has 0 bridgehead atoms. The standard InChI is InChI=1S/C23H20N4O2.C8H11N.C6H3Cl3.2C6H6O.2CO2/c1-2-17-13-15-18(16-14-17)24-21-25-22(28-19-9-5-3-6-10-19)27-23(26-21)29-20-11-7-4-8-12-20;1-2-7-3-5-8(9)6-4-7;7-4-1-5(8)3-6(9)2-4;2*7-6-4-2-1-3-5-6;2*2-1-3/h3-16H,2H2,1H3,(H,24,25,26,27);3-6H,2,9H2,1H3;1-3H;2*1-5,7H;;. The molecule has 1 heterocycles. The van der Waals surface area contributed by atoms with Crippen LogP contribution in [0.5, 0.6) is 35.0 Å². The van der Waals surface area contributed by atoms with Crippen molar-refractivity contribution < 1.29 is 38.9 Å². The van der Waals surface area contributed by atoms with Crippen molar-refractivity contribution in [3.8, 4) is 35.0 Å². The summed E-state index contributed by atoms with van der Waals surface area (Å²) in [5.74, 6) is 2.23. The molecular formula is C51H46Cl3N5O8. The Balaban J connectivity index is 0.000000328. The van der Waals surface area contributed by atoms with Crippen LogP contribution >= 0.6 is 34.8 Å². The van der Waals surface area contributed by atoms with Crippen LogP contribution in [0.1, 0.15) is 25.0 Å². The Morgan fingerprint density at radius 3 is 1.10 bits per heavy atom. The van der Waals surface area contributed by atoms with Crippen molar-refractivity contribution in [2.75, 3.05) is 11.1 Å². The van der Waals surface area contributed by atoms with Gasteiger partial charge in [0, 0.05) is 26.4 Å². The van der Waals surface area contributed by atoms with Crippen LogP contribution in [0.3, 0.4) is 0 Å². The topological polar surface area (TPSA) is 204 Å². The van der Waals surface area contributed by atoms with E-state index < -0.39 is 0 Å². The summed E-state index contributed by atoms with van der Waals surface area (Å²) in [6, 6.07) is 57.3. The minimum Gasteiger partial charge on any atom is -0.508 e. The molecule has 7 aromatic carbocycles. The van der Waals surface area contributed by atoms with Gasteiger partial charge in [0.05, 0.1) is 0 Å². The van der Waals surface area contributed by atoms with Gasteiger partial charge in [0.1, 0.15) is 23.0 Å². The van der Waals surface area contributed by atoms with Crippen LogP contribution in [0, 0.1) is 0 Å². The molecule has 0 fully saturated rings. The van der Waals surface area contributed by atoms with E-state index in [4.69, 9.17) is 79.4 Å². The average Bonchev–Trinajstić information content (AvgIpc) is 3.32. The van der Waals surface area contributed by atoms with Crippen molar-refractivity contribution in [2.24, 2.45) is 0 Å². The number of benzene rings is 7. The predicted octanol–water partition coefficient (Wildman–Crippen LogP) is 12.9. The molecule has 67 heavy (non-hydrogen) atoms. The molecule has 1 aromatic heterocycles. The molecule has 0 spiro atoms. The van der Waals surface area contributed by atoms with E-state index in [0.29, 0.717) is 44.0 Å². The molecule has 0 aliphatic rings. The van der Waals surface area contributed by atoms with Gasteiger partial charge in [0.2, 0.25) is 5.95 Å². The second-order valence-corrected chi connectivity index (χ2v) is 14.1. The number of aromatic nitrogens is 3. The van der Waals surface area contributed by atoms with E-state index in [0.717, 1.165) is 24.2 Å². The maximum absolute atomic E-state index is 8.63. The van der Waals surface area contributed by atoms with Gasteiger partial charge in [0.15, 0.2) is 0 Å². The molecule has 0 atom stereocenters. The maximum Gasteiger partial charge on any atom is 0.373 e. The zero-order valence-electron chi connectivity index (χ0n) is 36.2. The van der Waals surface area contributed by atoms with Crippen LogP contribution in [0.25, 0.3) is 0 Å². The lowest BCUT2D eigenvalue weighted by Gasteiger charge is -2.10. The fourth-order valence-corrected chi connectivity index (χ4v) is 5.63. The van der Waals surface area contributed by atoms with Gasteiger partial charge < -0.3 is 30.7 Å². The number of nitrogens with two attached hydrogens (primary N) is 1. The van der Waals surface area contributed by atoms with Crippen molar-refractivity contribution in [3.05, 3.63) is 214 Å². The summed E-state index contributed by atoms with van der Waals surface area (Å²) in [5, 5.41) is 22.1. The monoisotopic (exact) mass is 961 g/mol. The molecule has 8 rings (SSSR count). The smallest absolute Gasteiger partial charge is 0.373 e. The number of phenols is 2. The second-order valence-electron chi connectivity index (χ2n) is 12.8. The number of carbonyl (C=O) groups excluding carboxylic acids is 4. The molecule has 0 radical (unpaired) electrons. The fraction of sp³-hybridized carbons (Fsp3) is 0.0784. The number of nitrogens with zero attached hydrogens (tertiary/aromatic N) is 3. The zero-order chi connectivity index (χ0) is 49.1. The molecule has 13 nitrogen and oxygen atoms in total. The van der Waals surface area contributed by atoms with Gasteiger partial charge in [-0.1, -0.05) is 146 Å². The molecule has 5 N–H and O–H groups in total. The Bertz CT molecular complexity index is 2470. The number of hydrogen-bond acceptors (Lipinski definition) is 13. The average molecular weight is 963 g/mol. The molecule has 8 aromatic rings. The van der Waals surface area contributed by atoms with Gasteiger partial charge in [-0.3, -0.25) is 0 Å². The summed E-state index contributed by atoms with van der Waals surface area (Å²) in [7, 11) is 0. The molecule has 0 aliphatic heterocycles. The molecule has 0 saturated heterocycles. The molecule has 0 amide bonds. The highest BCUT2D eigenvalue weighted by molar-refractivity contribution is 6.38. The van der Waals surface area contributed by atoms with Crippen molar-refractivity contribution in [3.63, 3.8) is 0 Å². The highest BCUT2D eigenvalue weighted by atomic mass is 35.5. The summed E-state index contributed by atoms with van der Waals surface area (Å²) >= 11 is 16.7. The van der Waals surface area contributed by atoms with Gasteiger partial charge in [-0.15, -0.1) is 4.98 Å². The first-order valence-corrected chi connectivity index (χ1v) is 21.1. The number of phenolic OH excluding ortho intramolecular Hbond substituents is 2. The Hall–Kier alpha value is -8.02. The molecule has 16 heteroatoms. The van der Waals surface area contributed by atoms with Gasteiger partial charge in [-0.2, -0.15) is 29.1 Å². The predicted molar refractivity (Wildman–Crippen MR) is 260 cm³/mol. The first-order valence-electron chi connectivity index (χ1n) is 19.9. The third kappa shape index (κ3) is 25.8. The Morgan fingerprint density at radius 1 is 0.493 bits per heavy atom. The van der Waals surface area contributed by atoms with Crippen LogP contribution < -0.4 is 20.5 Å². The van der Waals surface area contributed by atoms with Crippen LogP contribution in [0.15, 0.2) is 188 Å². The quantitative estimate of drug-likeness (QED) is 0.105. The van der Waals surface area contributed by atoms with E-state index in [-0.39, 0.29) is 24.3 Å². The van der Waals surface area contributed by atoms with Gasteiger partial charge in [-0.05, 0) is 115 Å². The van der Waals surface area contributed by atoms with Crippen LogP contribution in [-0.4, -0.2) is 37.5 Å². The van der Waals surface area contributed by atoms with Gasteiger partial charge in [0.25, 0.3) is 0 Å². The van der Waals surface area contributed by atoms with E-state index in [1.165, 1.54) is 11.1 Å². The summed E-state index contributed by atoms with van der Waals surface area (Å²) in [4.78, 5) is 45.5. The Kier molecular flexibility index (Phi) is 27.5. The number of ether oxygens (including phenoxy) is 2. The zero-order valence-corrected chi connectivity index (χ0v) is 38.5. The summed E-state index contributed by atoms with van der Waals surface area (Å²) in [6.45, 7) is 4.25. The number of rotatable bonds is 8. The lowest BCUT2D eigenvalue weighted by atomic mass is 10.1. The van der Waals surface area contributed by atoms with Crippen LogP contribution in [-0.2, 0) is 32.0 Å². The van der Waals surface area contributed by atoms with Crippen molar-refractivity contribution in [1.29, 1.82) is 0 Å². The third-order valence-corrected chi connectivity index (χ3v) is 8.50. The van der Waals surface area contributed by atoms with E-state index in [1.54, 1.807) is 66.7 Å². The number of nitrogens with one attached hydrogen (secondary N) is 1. The molecule has 0 saturated carbocycles. The van der Waals surface area contributed by atoms with Gasteiger partial charge >= 0.3 is 24.3 Å². The molecule has 0 unspecified atom stereocenters. The number of para-hydroxylation sites is 4. The summed E-state index contributed by atoms with van der Waals surface area (Å²) < 4.78 is 11.6. The number of halogens is 3. The lowest BCUT2D eigenvalue weighted by molar-refractivity contribution is -0.193. The van der Waals surface area contributed by atoms with Crippen LogP contribution in [0.4, 0.5) is 17.3 Å². The SMILES string of the molecule is CCc1ccc(N)cc1.CCc1ccc(Nc2nc(Oc3ccccc3)nc(Oc3ccccc3)n2)cc1.Clc1cc(Cl)cc(Cl)c1.O=C=O.O=C=O.Oc1ccccc1.Oc1ccccc1. The number of anilines is 3. The highest BCUT2D eigenvalue weighted by Gasteiger charge is 2.11. The lowest BCUT2D eigenvalue weighted by Crippen LogP contribution is -2.03. The largest absolute Gasteiger partial charge is 0.508 e. The van der Waals surface area contributed by atoms with Crippen molar-refractivity contribution in [1.82, 2.24) is 15.0 Å². The minimum absolute atomic E-state index is 0.143. The maximum atomic E-state index is 8.63. The van der Waals surface area contributed by atoms with Crippen molar-refractivity contribution >= 4 is 64.4 Å². The summed E-state index contributed by atoms with van der Waals surface area (Å²) in [6.07, 6.45) is 2.57. The second kappa shape index (κ2) is 33.5. The Labute approximate surface area is 403 Å². The highest BCUT2D eigenvalue weighted by Crippen LogP contribution is 2.25. The molecular weight excluding hydrogens is 917 g/mol. The molecule has 0 aliphatic carbocycles. The van der Waals surface area contributed by atoms with E-state index in [1.807, 2.05) is 97.1 Å². The van der Waals surface area contributed by atoms with E-state index in [2.05, 4.69) is 58.4 Å². The minimum atomic E-state index is 0.143. The van der Waals surface area contributed by atoms with Gasteiger partial charge in [-0.25, -0.2) is 0 Å². The fourth-order valence-electron chi connectivity index (χ4n) is 4.76. The number of hydrogen-bond donors (Lipinski definition) is 4. The Morgan fingerprint density at radius 2 is 0.806 bits per heavy atom. The number of aromatic hydroxyl groups is 2. The third-order valence-electron chi connectivity index (χ3n) is 7.85. The molecule has 344 valence electrons. The normalized spacial score (nSPS) is 9.09. The summed E-state index contributed by atoms with van der Waals surface area (Å²) in [5.41, 5.74) is 9.78. The van der Waals surface area contributed by atoms with E-state index >= 15 is 0 Å². The van der Waals surface area contributed by atoms with Crippen LogP contribution in [0.2, 0.25) is 15.1 Å².